The summed E-state index contributed by atoms with van der Waals surface area (Å²) in [6.45, 7) is 1.79. The predicted octanol–water partition coefficient (Wildman–Crippen LogP) is 1.08. The molecule has 110 valence electrons. The second-order valence-corrected chi connectivity index (χ2v) is 7.14. The zero-order valence-electron chi connectivity index (χ0n) is 11.4. The summed E-state index contributed by atoms with van der Waals surface area (Å²) in [7, 11) is -1.87. The van der Waals surface area contributed by atoms with Gasteiger partial charge in [-0.05, 0) is 37.5 Å². The van der Waals surface area contributed by atoms with E-state index in [1.165, 1.54) is 6.07 Å². The molecule has 1 aliphatic carbocycles. The molecule has 0 spiro atoms. The van der Waals surface area contributed by atoms with Crippen LogP contribution in [0.3, 0.4) is 0 Å². The van der Waals surface area contributed by atoms with Crippen molar-refractivity contribution in [1.82, 2.24) is 4.72 Å². The fourth-order valence-electron chi connectivity index (χ4n) is 2.22. The number of aryl methyl sites for hydroxylation is 1. The summed E-state index contributed by atoms with van der Waals surface area (Å²) in [5.41, 5.74) is 7.02. The van der Waals surface area contributed by atoms with Crippen molar-refractivity contribution in [2.24, 2.45) is 5.73 Å². The van der Waals surface area contributed by atoms with Crippen molar-refractivity contribution in [2.75, 3.05) is 7.11 Å². The van der Waals surface area contributed by atoms with Crippen molar-refractivity contribution in [1.29, 1.82) is 0 Å². The molecule has 0 radical (unpaired) electrons. The maximum absolute atomic E-state index is 12.2. The second-order valence-electron chi connectivity index (χ2n) is 4.99. The van der Waals surface area contributed by atoms with Crippen LogP contribution in [-0.2, 0) is 14.8 Å². The molecule has 0 aromatic heterocycles. The van der Waals surface area contributed by atoms with Gasteiger partial charge in [0, 0.05) is 18.7 Å². The lowest BCUT2D eigenvalue weighted by Crippen LogP contribution is -2.47. The van der Waals surface area contributed by atoms with Crippen molar-refractivity contribution in [3.05, 3.63) is 29.3 Å². The van der Waals surface area contributed by atoms with Gasteiger partial charge in [-0.15, -0.1) is 0 Å². The zero-order chi connectivity index (χ0) is 14.9. The van der Waals surface area contributed by atoms with Crippen LogP contribution < -0.4 is 10.5 Å². The molecular weight excluding hydrogens is 296 g/mol. The van der Waals surface area contributed by atoms with Crippen LogP contribution in [0.5, 0.6) is 0 Å². The highest BCUT2D eigenvalue weighted by Crippen LogP contribution is 2.25. The smallest absolute Gasteiger partial charge is 0.240 e. The molecule has 1 aliphatic rings. The molecule has 20 heavy (non-hydrogen) atoms. The lowest BCUT2D eigenvalue weighted by Gasteiger charge is -2.34. The Morgan fingerprint density at radius 2 is 2.10 bits per heavy atom. The van der Waals surface area contributed by atoms with E-state index >= 15 is 0 Å². The summed E-state index contributed by atoms with van der Waals surface area (Å²) in [4.78, 5) is 0.497. The standard InChI is InChI=1S/C13H18N2O3S2/c1-8-5-11(3-4-12(8)13(14)19)20(16,17)15-9-6-10(7-9)18-2/h3-5,9-10,15H,6-7H2,1-2H3,(H2,14,19). The first kappa shape index (κ1) is 15.4. The third kappa shape index (κ3) is 3.17. The number of ether oxygens (including phenoxy) is 1. The van der Waals surface area contributed by atoms with Gasteiger partial charge in [-0.25, -0.2) is 13.1 Å². The van der Waals surface area contributed by atoms with Crippen molar-refractivity contribution in [3.63, 3.8) is 0 Å². The van der Waals surface area contributed by atoms with Crippen LogP contribution in [0.2, 0.25) is 0 Å². The van der Waals surface area contributed by atoms with Crippen molar-refractivity contribution in [2.45, 2.75) is 36.8 Å². The van der Waals surface area contributed by atoms with Gasteiger partial charge in [-0.1, -0.05) is 18.3 Å². The molecule has 0 amide bonds. The second kappa shape index (κ2) is 5.77. The van der Waals surface area contributed by atoms with Crippen LogP contribution >= 0.6 is 12.2 Å². The fourth-order valence-corrected chi connectivity index (χ4v) is 3.80. The highest BCUT2D eigenvalue weighted by molar-refractivity contribution is 7.89. The van der Waals surface area contributed by atoms with Crippen LogP contribution in [0.25, 0.3) is 0 Å². The normalized spacial score (nSPS) is 22.3. The van der Waals surface area contributed by atoms with E-state index in [9.17, 15) is 8.42 Å². The molecule has 0 heterocycles. The predicted molar refractivity (Wildman–Crippen MR) is 81.2 cm³/mol. The molecule has 1 aromatic rings. The topological polar surface area (TPSA) is 81.4 Å². The number of thiocarbonyl (C=S) groups is 1. The Bertz CT molecular complexity index is 623. The van der Waals surface area contributed by atoms with E-state index in [2.05, 4.69) is 4.72 Å². The minimum Gasteiger partial charge on any atom is -0.389 e. The minimum absolute atomic E-state index is 0.0551. The average Bonchev–Trinajstić information content (AvgIpc) is 2.32. The molecule has 1 aromatic carbocycles. The average molecular weight is 314 g/mol. The Balaban J connectivity index is 2.14. The van der Waals surface area contributed by atoms with Gasteiger partial charge < -0.3 is 10.5 Å². The molecular formula is C13H18N2O3S2. The lowest BCUT2D eigenvalue weighted by atomic mass is 9.90. The van der Waals surface area contributed by atoms with Crippen LogP contribution in [-0.4, -0.2) is 32.7 Å². The summed E-state index contributed by atoms with van der Waals surface area (Å²) >= 11 is 4.91. The quantitative estimate of drug-likeness (QED) is 0.795. The first-order chi connectivity index (χ1) is 9.33. The van der Waals surface area contributed by atoms with Gasteiger partial charge in [0.05, 0.1) is 11.0 Å². The summed E-state index contributed by atoms with van der Waals surface area (Å²) in [6.07, 6.45) is 1.57. The van der Waals surface area contributed by atoms with E-state index in [4.69, 9.17) is 22.7 Å². The minimum atomic E-state index is -3.51. The number of hydrogen-bond donors (Lipinski definition) is 2. The number of methoxy groups -OCH3 is 1. The molecule has 1 saturated carbocycles. The molecule has 2 rings (SSSR count). The Kier molecular flexibility index (Phi) is 4.43. The van der Waals surface area contributed by atoms with E-state index in [-0.39, 0.29) is 22.0 Å². The summed E-state index contributed by atoms with van der Waals surface area (Å²) < 4.78 is 32.3. The Morgan fingerprint density at radius 1 is 1.45 bits per heavy atom. The summed E-state index contributed by atoms with van der Waals surface area (Å²) in [5, 5.41) is 0. The molecule has 5 nitrogen and oxygen atoms in total. The van der Waals surface area contributed by atoms with Crippen LogP contribution in [0.1, 0.15) is 24.0 Å². The summed E-state index contributed by atoms with van der Waals surface area (Å²) in [6, 6.07) is 4.70. The van der Waals surface area contributed by atoms with Crippen molar-refractivity contribution < 1.29 is 13.2 Å². The first-order valence-corrected chi connectivity index (χ1v) is 8.18. The Hall–Kier alpha value is -1.02. The van der Waals surface area contributed by atoms with E-state index in [1.54, 1.807) is 26.2 Å². The van der Waals surface area contributed by atoms with Crippen LogP contribution in [0, 0.1) is 6.92 Å². The van der Waals surface area contributed by atoms with Gasteiger partial charge in [-0.2, -0.15) is 0 Å². The van der Waals surface area contributed by atoms with Gasteiger partial charge in [-0.3, -0.25) is 0 Å². The highest BCUT2D eigenvalue weighted by Gasteiger charge is 2.32. The van der Waals surface area contributed by atoms with Gasteiger partial charge >= 0.3 is 0 Å². The molecule has 0 unspecified atom stereocenters. The molecule has 3 N–H and O–H groups in total. The number of nitrogens with two attached hydrogens (primary N) is 1. The fraction of sp³-hybridized carbons (Fsp3) is 0.462. The molecule has 0 aliphatic heterocycles. The van der Waals surface area contributed by atoms with E-state index < -0.39 is 10.0 Å². The monoisotopic (exact) mass is 314 g/mol. The van der Waals surface area contributed by atoms with E-state index in [1.807, 2.05) is 0 Å². The van der Waals surface area contributed by atoms with Gasteiger partial charge in [0.15, 0.2) is 0 Å². The maximum atomic E-state index is 12.2. The lowest BCUT2D eigenvalue weighted by molar-refractivity contribution is 0.0236. The molecule has 1 fully saturated rings. The first-order valence-electron chi connectivity index (χ1n) is 6.29. The molecule has 0 saturated heterocycles. The van der Waals surface area contributed by atoms with Gasteiger partial charge in [0.2, 0.25) is 10.0 Å². The van der Waals surface area contributed by atoms with Crippen molar-refractivity contribution in [3.8, 4) is 0 Å². The third-order valence-electron chi connectivity index (χ3n) is 3.52. The molecule has 0 atom stereocenters. The van der Waals surface area contributed by atoms with Crippen LogP contribution in [0.4, 0.5) is 0 Å². The Labute approximate surface area is 124 Å². The van der Waals surface area contributed by atoms with Crippen LogP contribution in [0.15, 0.2) is 23.1 Å². The molecule has 7 heteroatoms. The van der Waals surface area contributed by atoms with E-state index in [0.29, 0.717) is 18.4 Å². The number of hydrogen-bond acceptors (Lipinski definition) is 4. The van der Waals surface area contributed by atoms with E-state index in [0.717, 1.165) is 5.56 Å². The van der Waals surface area contributed by atoms with Crippen molar-refractivity contribution >= 4 is 27.2 Å². The third-order valence-corrected chi connectivity index (χ3v) is 5.26. The largest absolute Gasteiger partial charge is 0.389 e. The SMILES string of the molecule is COC1CC(NS(=O)(=O)c2ccc(C(N)=S)c(C)c2)C1. The van der Waals surface area contributed by atoms with Gasteiger partial charge in [0.1, 0.15) is 4.99 Å². The Morgan fingerprint density at radius 3 is 2.60 bits per heavy atom. The number of rotatable bonds is 5. The molecule has 0 bridgehead atoms. The zero-order valence-corrected chi connectivity index (χ0v) is 13.1. The highest BCUT2D eigenvalue weighted by atomic mass is 32.2. The number of nitrogens with one attached hydrogen (secondary N) is 1. The number of sulfonamides is 1. The van der Waals surface area contributed by atoms with Gasteiger partial charge in [0.25, 0.3) is 0 Å². The summed E-state index contributed by atoms with van der Waals surface area (Å²) in [5.74, 6) is 0. The maximum Gasteiger partial charge on any atom is 0.240 e. The number of benzene rings is 1.